The Labute approximate surface area is 107 Å². The molecular formula is C17H16O. The summed E-state index contributed by atoms with van der Waals surface area (Å²) in [5, 5.41) is 1.20. The summed E-state index contributed by atoms with van der Waals surface area (Å²) in [6.45, 7) is 0. The van der Waals surface area contributed by atoms with Crippen LogP contribution in [0, 0.1) is 0 Å². The van der Waals surface area contributed by atoms with E-state index in [0.29, 0.717) is 0 Å². The minimum Gasteiger partial charge on any atom is -0.461 e. The van der Waals surface area contributed by atoms with Crippen LogP contribution >= 0.6 is 0 Å². The van der Waals surface area contributed by atoms with Gasteiger partial charge in [-0.05, 0) is 30.5 Å². The number of fused-ring (bicyclic) bond motifs is 1. The molecule has 0 aliphatic heterocycles. The van der Waals surface area contributed by atoms with Gasteiger partial charge in [0.25, 0.3) is 0 Å². The molecule has 3 rings (SSSR count). The molecule has 90 valence electrons. The maximum Gasteiger partial charge on any atom is 0.134 e. The fraction of sp³-hybridized carbons (Fsp3) is 0.176. The van der Waals surface area contributed by atoms with Crippen LogP contribution in [-0.4, -0.2) is 0 Å². The first-order valence-electron chi connectivity index (χ1n) is 6.43. The Hall–Kier alpha value is -2.02. The third-order valence-corrected chi connectivity index (χ3v) is 3.21. The van der Waals surface area contributed by atoms with Gasteiger partial charge in [0.2, 0.25) is 0 Å². The van der Waals surface area contributed by atoms with Crippen LogP contribution in [0.25, 0.3) is 11.0 Å². The van der Waals surface area contributed by atoms with Crippen LogP contribution in [0.5, 0.6) is 0 Å². The smallest absolute Gasteiger partial charge is 0.134 e. The van der Waals surface area contributed by atoms with Crippen LogP contribution in [0.3, 0.4) is 0 Å². The van der Waals surface area contributed by atoms with Crippen molar-refractivity contribution in [2.75, 3.05) is 0 Å². The molecule has 0 aliphatic rings. The Morgan fingerprint density at radius 2 is 1.56 bits per heavy atom. The lowest BCUT2D eigenvalue weighted by molar-refractivity contribution is 0.538. The average Bonchev–Trinajstić information content (AvgIpc) is 2.82. The number of rotatable bonds is 4. The molecule has 0 bridgehead atoms. The van der Waals surface area contributed by atoms with Crippen molar-refractivity contribution >= 4 is 11.0 Å². The summed E-state index contributed by atoms with van der Waals surface area (Å²) in [7, 11) is 0. The molecule has 1 heteroatoms. The SMILES string of the molecule is c1ccc(CCCc2cc3ccccc3o2)cc1. The van der Waals surface area contributed by atoms with Crippen molar-refractivity contribution in [3.8, 4) is 0 Å². The largest absolute Gasteiger partial charge is 0.461 e. The fourth-order valence-electron chi connectivity index (χ4n) is 2.27. The van der Waals surface area contributed by atoms with E-state index in [9.17, 15) is 0 Å². The molecule has 0 saturated carbocycles. The molecule has 2 aromatic carbocycles. The van der Waals surface area contributed by atoms with E-state index in [1.165, 1.54) is 10.9 Å². The normalized spacial score (nSPS) is 10.9. The molecule has 0 spiro atoms. The summed E-state index contributed by atoms with van der Waals surface area (Å²) in [5.41, 5.74) is 2.39. The highest BCUT2D eigenvalue weighted by Gasteiger charge is 2.02. The van der Waals surface area contributed by atoms with Crippen LogP contribution in [-0.2, 0) is 12.8 Å². The quantitative estimate of drug-likeness (QED) is 0.644. The molecule has 0 unspecified atom stereocenters. The van der Waals surface area contributed by atoms with Gasteiger partial charge in [-0.1, -0.05) is 48.5 Å². The van der Waals surface area contributed by atoms with Crippen molar-refractivity contribution in [1.82, 2.24) is 0 Å². The van der Waals surface area contributed by atoms with Crippen molar-refractivity contribution in [2.24, 2.45) is 0 Å². The van der Waals surface area contributed by atoms with Gasteiger partial charge < -0.3 is 4.42 Å². The zero-order valence-corrected chi connectivity index (χ0v) is 10.3. The first kappa shape index (κ1) is 11.1. The second-order valence-corrected chi connectivity index (χ2v) is 4.59. The lowest BCUT2D eigenvalue weighted by atomic mass is 10.1. The molecule has 0 N–H and O–H groups in total. The Morgan fingerprint density at radius 1 is 0.778 bits per heavy atom. The molecule has 18 heavy (non-hydrogen) atoms. The highest BCUT2D eigenvalue weighted by molar-refractivity contribution is 5.77. The van der Waals surface area contributed by atoms with E-state index in [4.69, 9.17) is 4.42 Å². The molecule has 3 aromatic rings. The van der Waals surface area contributed by atoms with Gasteiger partial charge in [-0.25, -0.2) is 0 Å². The molecular weight excluding hydrogens is 220 g/mol. The molecule has 0 aliphatic carbocycles. The molecule has 0 radical (unpaired) electrons. The van der Waals surface area contributed by atoms with Gasteiger partial charge in [0.05, 0.1) is 0 Å². The first-order valence-corrected chi connectivity index (χ1v) is 6.43. The Morgan fingerprint density at radius 3 is 2.39 bits per heavy atom. The number of benzene rings is 2. The van der Waals surface area contributed by atoms with Crippen LogP contribution in [0.1, 0.15) is 17.7 Å². The van der Waals surface area contributed by atoms with E-state index in [1.54, 1.807) is 0 Å². The van der Waals surface area contributed by atoms with Gasteiger partial charge in [-0.2, -0.15) is 0 Å². The predicted octanol–water partition coefficient (Wildman–Crippen LogP) is 4.61. The summed E-state index contributed by atoms with van der Waals surface area (Å²) in [6.07, 6.45) is 3.24. The van der Waals surface area contributed by atoms with Gasteiger partial charge in [-0.15, -0.1) is 0 Å². The highest BCUT2D eigenvalue weighted by atomic mass is 16.3. The van der Waals surface area contributed by atoms with Crippen LogP contribution in [0.4, 0.5) is 0 Å². The van der Waals surface area contributed by atoms with E-state index in [1.807, 2.05) is 18.2 Å². The van der Waals surface area contributed by atoms with Gasteiger partial charge in [0, 0.05) is 11.8 Å². The summed E-state index contributed by atoms with van der Waals surface area (Å²) >= 11 is 0. The van der Waals surface area contributed by atoms with Gasteiger partial charge >= 0.3 is 0 Å². The minimum atomic E-state index is 0.993. The Bertz CT molecular complexity index is 589. The van der Waals surface area contributed by atoms with Crippen molar-refractivity contribution in [2.45, 2.75) is 19.3 Å². The van der Waals surface area contributed by atoms with Crippen LogP contribution < -0.4 is 0 Å². The summed E-state index contributed by atoms with van der Waals surface area (Å²) in [4.78, 5) is 0. The molecule has 0 saturated heterocycles. The topological polar surface area (TPSA) is 13.1 Å². The van der Waals surface area contributed by atoms with Crippen molar-refractivity contribution < 1.29 is 4.42 Å². The lowest BCUT2D eigenvalue weighted by Crippen LogP contribution is -1.87. The number of hydrogen-bond donors (Lipinski definition) is 0. The first-order chi connectivity index (χ1) is 8.92. The number of aryl methyl sites for hydroxylation is 2. The predicted molar refractivity (Wildman–Crippen MR) is 74.7 cm³/mol. The minimum absolute atomic E-state index is 0.993. The fourth-order valence-corrected chi connectivity index (χ4v) is 2.27. The van der Waals surface area contributed by atoms with Crippen LogP contribution in [0.15, 0.2) is 65.1 Å². The Balaban J connectivity index is 1.63. The average molecular weight is 236 g/mol. The third-order valence-electron chi connectivity index (χ3n) is 3.21. The van der Waals surface area contributed by atoms with E-state index >= 15 is 0 Å². The van der Waals surface area contributed by atoms with E-state index in [-0.39, 0.29) is 0 Å². The van der Waals surface area contributed by atoms with Crippen molar-refractivity contribution in [3.63, 3.8) is 0 Å². The molecule has 1 aromatic heterocycles. The summed E-state index contributed by atoms with van der Waals surface area (Å²) < 4.78 is 5.81. The highest BCUT2D eigenvalue weighted by Crippen LogP contribution is 2.20. The maximum atomic E-state index is 5.81. The third kappa shape index (κ3) is 2.45. The lowest BCUT2D eigenvalue weighted by Gasteiger charge is -1.99. The van der Waals surface area contributed by atoms with Crippen molar-refractivity contribution in [3.05, 3.63) is 72.0 Å². The number of para-hydroxylation sites is 1. The molecule has 0 atom stereocenters. The van der Waals surface area contributed by atoms with Gasteiger partial charge in [0.15, 0.2) is 0 Å². The maximum absolute atomic E-state index is 5.81. The zero-order valence-electron chi connectivity index (χ0n) is 10.3. The monoisotopic (exact) mass is 236 g/mol. The molecule has 1 nitrogen and oxygen atoms in total. The zero-order chi connectivity index (χ0) is 12.2. The van der Waals surface area contributed by atoms with E-state index in [0.717, 1.165) is 30.6 Å². The second-order valence-electron chi connectivity index (χ2n) is 4.59. The summed E-state index contributed by atoms with van der Waals surface area (Å²) in [6, 6.07) is 20.9. The van der Waals surface area contributed by atoms with Crippen LogP contribution in [0.2, 0.25) is 0 Å². The summed E-state index contributed by atoms with van der Waals surface area (Å²) in [5.74, 6) is 1.09. The molecule has 0 fully saturated rings. The Kier molecular flexibility index (Phi) is 3.14. The molecule has 1 heterocycles. The van der Waals surface area contributed by atoms with Gasteiger partial charge in [0.1, 0.15) is 11.3 Å². The number of hydrogen-bond acceptors (Lipinski definition) is 1. The van der Waals surface area contributed by atoms with E-state index in [2.05, 4.69) is 42.5 Å². The second kappa shape index (κ2) is 5.09. The number of furan rings is 1. The molecule has 0 amide bonds. The van der Waals surface area contributed by atoms with Crippen molar-refractivity contribution in [1.29, 1.82) is 0 Å². The van der Waals surface area contributed by atoms with E-state index < -0.39 is 0 Å². The standard InChI is InChI=1S/C17H16O/c1-2-7-14(8-3-1)9-6-11-16-13-15-10-4-5-12-17(15)18-16/h1-5,7-8,10,12-13H,6,9,11H2. The van der Waals surface area contributed by atoms with Gasteiger partial charge in [-0.3, -0.25) is 0 Å².